The quantitative estimate of drug-likeness (QED) is 0.939. The van der Waals surface area contributed by atoms with Gasteiger partial charge in [-0.1, -0.05) is 23.7 Å². The van der Waals surface area contributed by atoms with Gasteiger partial charge in [0.15, 0.2) is 0 Å². The van der Waals surface area contributed by atoms with Crippen LogP contribution in [0.15, 0.2) is 22.7 Å². The van der Waals surface area contributed by atoms with Crippen LogP contribution >= 0.6 is 11.6 Å². The van der Waals surface area contributed by atoms with Crippen LogP contribution in [-0.4, -0.2) is 46.4 Å². The molecule has 1 N–H and O–H groups in total. The summed E-state index contributed by atoms with van der Waals surface area (Å²) in [7, 11) is 0. The molecule has 21 heavy (non-hydrogen) atoms. The Kier molecular flexibility index (Phi) is 4.10. The lowest BCUT2D eigenvalue weighted by Crippen LogP contribution is -2.38. The molecule has 1 atom stereocenters. The molecule has 6 nitrogen and oxygen atoms in total. The Balaban J connectivity index is 1.84. The minimum Gasteiger partial charge on any atom is -0.508 e. The summed E-state index contributed by atoms with van der Waals surface area (Å²) < 4.78 is 10.9. The van der Waals surface area contributed by atoms with Crippen molar-refractivity contribution in [2.75, 3.05) is 26.2 Å². The van der Waals surface area contributed by atoms with Gasteiger partial charge >= 0.3 is 0 Å². The molecule has 1 aromatic carbocycles. The zero-order valence-electron chi connectivity index (χ0n) is 11.6. The maximum absolute atomic E-state index is 9.54. The molecule has 0 bridgehead atoms. The minimum absolute atomic E-state index is 0.0974. The Morgan fingerprint density at radius 1 is 1.48 bits per heavy atom. The second-order valence-corrected chi connectivity index (χ2v) is 5.28. The van der Waals surface area contributed by atoms with Crippen molar-refractivity contribution in [3.8, 4) is 17.2 Å². The van der Waals surface area contributed by atoms with Crippen LogP contribution in [0.1, 0.15) is 18.9 Å². The number of ether oxygens (including phenoxy) is 1. The molecule has 1 aromatic heterocycles. The van der Waals surface area contributed by atoms with E-state index in [1.54, 1.807) is 6.07 Å². The fourth-order valence-corrected chi connectivity index (χ4v) is 2.50. The van der Waals surface area contributed by atoms with Crippen LogP contribution in [0.25, 0.3) is 11.5 Å². The molecule has 1 aliphatic heterocycles. The summed E-state index contributed by atoms with van der Waals surface area (Å²) in [4.78, 5) is 6.62. The lowest BCUT2D eigenvalue weighted by atomic mass is 10.2. The molecule has 0 saturated carbocycles. The van der Waals surface area contributed by atoms with Crippen LogP contribution in [0.4, 0.5) is 0 Å². The van der Waals surface area contributed by atoms with E-state index in [-0.39, 0.29) is 17.7 Å². The first-order chi connectivity index (χ1) is 10.2. The summed E-state index contributed by atoms with van der Waals surface area (Å²) in [6.45, 7) is 5.37. The molecule has 2 aromatic rings. The van der Waals surface area contributed by atoms with Crippen LogP contribution in [0.5, 0.6) is 5.75 Å². The first-order valence-corrected chi connectivity index (χ1v) is 7.21. The second kappa shape index (κ2) is 6.01. The van der Waals surface area contributed by atoms with Crippen molar-refractivity contribution in [2.45, 2.75) is 13.0 Å². The largest absolute Gasteiger partial charge is 0.508 e. The number of likely N-dealkylation sites (N-methyl/N-ethyl adjacent to an activating group) is 1. The van der Waals surface area contributed by atoms with Crippen molar-refractivity contribution in [3.63, 3.8) is 0 Å². The average molecular weight is 310 g/mol. The summed E-state index contributed by atoms with van der Waals surface area (Å²) in [5.41, 5.74) is 0.513. The molecule has 7 heteroatoms. The van der Waals surface area contributed by atoms with Crippen LogP contribution in [0.3, 0.4) is 0 Å². The van der Waals surface area contributed by atoms with Gasteiger partial charge in [0.1, 0.15) is 11.9 Å². The van der Waals surface area contributed by atoms with Crippen LogP contribution in [0.2, 0.25) is 5.02 Å². The number of aromatic nitrogens is 2. The summed E-state index contributed by atoms with van der Waals surface area (Å²) in [5.74, 6) is 0.880. The highest BCUT2D eigenvalue weighted by Crippen LogP contribution is 2.31. The molecule has 1 aliphatic rings. The molecule has 0 amide bonds. The topological polar surface area (TPSA) is 71.6 Å². The number of benzene rings is 1. The summed E-state index contributed by atoms with van der Waals surface area (Å²) in [6, 6.07) is 4.60. The average Bonchev–Trinajstić information content (AvgIpc) is 2.99. The van der Waals surface area contributed by atoms with E-state index in [1.165, 1.54) is 12.1 Å². The highest BCUT2D eigenvalue weighted by molar-refractivity contribution is 6.33. The van der Waals surface area contributed by atoms with E-state index in [2.05, 4.69) is 22.0 Å². The fourth-order valence-electron chi connectivity index (χ4n) is 2.30. The number of phenols is 1. The Bertz CT molecular complexity index is 632. The highest BCUT2D eigenvalue weighted by Gasteiger charge is 2.26. The summed E-state index contributed by atoms with van der Waals surface area (Å²) >= 11 is 6.09. The molecule has 1 saturated heterocycles. The molecule has 1 fully saturated rings. The third-order valence-electron chi connectivity index (χ3n) is 3.51. The van der Waals surface area contributed by atoms with Crippen LogP contribution in [-0.2, 0) is 4.74 Å². The maximum Gasteiger partial charge on any atom is 0.259 e. The Hall–Kier alpha value is -1.63. The van der Waals surface area contributed by atoms with E-state index in [0.717, 1.165) is 19.6 Å². The van der Waals surface area contributed by atoms with Gasteiger partial charge < -0.3 is 14.4 Å². The lowest BCUT2D eigenvalue weighted by Gasteiger charge is -2.30. The molecular weight excluding hydrogens is 294 g/mol. The van der Waals surface area contributed by atoms with Crippen molar-refractivity contribution in [3.05, 3.63) is 29.0 Å². The van der Waals surface area contributed by atoms with E-state index in [9.17, 15) is 5.11 Å². The summed E-state index contributed by atoms with van der Waals surface area (Å²) in [5, 5.41) is 14.0. The summed E-state index contributed by atoms with van der Waals surface area (Å²) in [6.07, 6.45) is -0.202. The number of halogens is 1. The number of rotatable bonds is 3. The van der Waals surface area contributed by atoms with Crippen molar-refractivity contribution in [1.82, 2.24) is 15.0 Å². The standard InChI is InChI=1S/C14H16ClN3O3/c1-2-18-5-6-20-12(8-18)13-16-14(21-17-13)10-7-9(19)3-4-11(10)15/h3-4,7,12,19H,2,5-6,8H2,1H3. The molecule has 1 unspecified atom stereocenters. The maximum atomic E-state index is 9.54. The SMILES string of the molecule is CCN1CCOC(c2noc(-c3cc(O)ccc3Cl)n2)C1. The number of hydrogen-bond donors (Lipinski definition) is 1. The second-order valence-electron chi connectivity index (χ2n) is 4.87. The number of phenolic OH excluding ortho intramolecular Hbond substituents is 1. The lowest BCUT2D eigenvalue weighted by molar-refractivity contribution is -0.0334. The van der Waals surface area contributed by atoms with Gasteiger partial charge in [0.05, 0.1) is 17.2 Å². The normalized spacial score (nSPS) is 19.8. The molecule has 2 heterocycles. The number of hydrogen-bond acceptors (Lipinski definition) is 6. The van der Waals surface area contributed by atoms with Gasteiger partial charge in [-0.15, -0.1) is 0 Å². The highest BCUT2D eigenvalue weighted by atomic mass is 35.5. The molecule has 0 aliphatic carbocycles. The Morgan fingerprint density at radius 2 is 2.33 bits per heavy atom. The number of nitrogens with zero attached hydrogens (tertiary/aromatic N) is 3. The van der Waals surface area contributed by atoms with E-state index in [4.69, 9.17) is 20.9 Å². The van der Waals surface area contributed by atoms with E-state index in [0.29, 0.717) is 23.0 Å². The molecule has 0 spiro atoms. The molecule has 3 rings (SSSR count). The molecule has 0 radical (unpaired) electrons. The van der Waals surface area contributed by atoms with Crippen molar-refractivity contribution < 1.29 is 14.4 Å². The third kappa shape index (κ3) is 3.02. The van der Waals surface area contributed by atoms with Gasteiger partial charge in [0.25, 0.3) is 5.89 Å². The van der Waals surface area contributed by atoms with E-state index >= 15 is 0 Å². The predicted octanol–water partition coefficient (Wildman–Crippen LogP) is 2.49. The van der Waals surface area contributed by atoms with Gasteiger partial charge in [-0.05, 0) is 24.7 Å². The molecule has 112 valence electrons. The predicted molar refractivity (Wildman–Crippen MR) is 77.2 cm³/mol. The first-order valence-electron chi connectivity index (χ1n) is 6.84. The Labute approximate surface area is 127 Å². The van der Waals surface area contributed by atoms with Crippen LogP contribution in [0, 0.1) is 0 Å². The third-order valence-corrected chi connectivity index (χ3v) is 3.84. The van der Waals surface area contributed by atoms with Crippen molar-refractivity contribution in [1.29, 1.82) is 0 Å². The zero-order chi connectivity index (χ0) is 14.8. The Morgan fingerprint density at radius 3 is 3.14 bits per heavy atom. The van der Waals surface area contributed by atoms with Crippen molar-refractivity contribution >= 4 is 11.6 Å². The number of morpholine rings is 1. The minimum atomic E-state index is -0.202. The van der Waals surface area contributed by atoms with E-state index < -0.39 is 0 Å². The fraction of sp³-hybridized carbons (Fsp3) is 0.429. The number of aromatic hydroxyl groups is 1. The van der Waals surface area contributed by atoms with Gasteiger partial charge in [0.2, 0.25) is 5.82 Å². The van der Waals surface area contributed by atoms with Gasteiger partial charge in [-0.2, -0.15) is 4.98 Å². The van der Waals surface area contributed by atoms with Gasteiger partial charge in [0, 0.05) is 13.1 Å². The van der Waals surface area contributed by atoms with Gasteiger partial charge in [-0.3, -0.25) is 4.90 Å². The van der Waals surface area contributed by atoms with Gasteiger partial charge in [-0.25, -0.2) is 0 Å². The molecular formula is C14H16ClN3O3. The first kappa shape index (κ1) is 14.3. The van der Waals surface area contributed by atoms with E-state index in [1.807, 2.05) is 0 Å². The smallest absolute Gasteiger partial charge is 0.259 e. The monoisotopic (exact) mass is 309 g/mol. The zero-order valence-corrected chi connectivity index (χ0v) is 12.4. The van der Waals surface area contributed by atoms with Crippen molar-refractivity contribution in [2.24, 2.45) is 0 Å². The van der Waals surface area contributed by atoms with Crippen LogP contribution < -0.4 is 0 Å².